The predicted octanol–water partition coefficient (Wildman–Crippen LogP) is 4.70. The van der Waals surface area contributed by atoms with Crippen LogP contribution in [0.1, 0.15) is 38.5 Å². The van der Waals surface area contributed by atoms with Crippen LogP contribution in [-0.2, 0) is 0 Å². The predicted molar refractivity (Wildman–Crippen MR) is 70.7 cm³/mol. The smallest absolute Gasteiger partial charge is 0.0608 e. The largest absolute Gasteiger partial charge is 0.260 e. The Hall–Kier alpha value is -1.64. The minimum atomic E-state index is 0.975. The Morgan fingerprint density at radius 1 is 0.941 bits per heavy atom. The third kappa shape index (κ3) is 4.39. The fourth-order valence-electron chi connectivity index (χ4n) is 1.93. The number of hydrogen-bond acceptors (Lipinski definition) is 2. The molecule has 0 amide bonds. The third-order valence-electron chi connectivity index (χ3n) is 2.90. The van der Waals surface area contributed by atoms with Gasteiger partial charge in [-0.2, -0.15) is 0 Å². The van der Waals surface area contributed by atoms with E-state index in [-0.39, 0.29) is 0 Å². The highest BCUT2D eigenvalue weighted by Crippen LogP contribution is 2.18. The Morgan fingerprint density at radius 3 is 2.65 bits per heavy atom. The van der Waals surface area contributed by atoms with E-state index >= 15 is 0 Å². The summed E-state index contributed by atoms with van der Waals surface area (Å²) in [4.78, 5) is 0. The van der Waals surface area contributed by atoms with Gasteiger partial charge in [0.1, 0.15) is 0 Å². The van der Waals surface area contributed by atoms with Crippen LogP contribution in [0.3, 0.4) is 0 Å². The van der Waals surface area contributed by atoms with Gasteiger partial charge in [0.05, 0.1) is 11.4 Å². The molecule has 1 aliphatic rings. The lowest BCUT2D eigenvalue weighted by molar-refractivity contribution is 0.619. The summed E-state index contributed by atoms with van der Waals surface area (Å²) in [5, 5.41) is 8.30. The minimum absolute atomic E-state index is 0.975. The molecule has 0 spiro atoms. The van der Waals surface area contributed by atoms with E-state index in [4.69, 9.17) is 0 Å². The first-order chi connectivity index (χ1) is 8.45. The molecule has 0 radical (unpaired) electrons. The van der Waals surface area contributed by atoms with Gasteiger partial charge in [0.2, 0.25) is 0 Å². The average Bonchev–Trinajstić information content (AvgIpc) is 2.33. The summed E-state index contributed by atoms with van der Waals surface area (Å²) in [6, 6.07) is 9.90. The van der Waals surface area contributed by atoms with Crippen molar-refractivity contribution in [3.63, 3.8) is 0 Å². The topological polar surface area (TPSA) is 36.8 Å². The highest BCUT2D eigenvalue weighted by Gasteiger charge is 2.00. The molecule has 17 heavy (non-hydrogen) atoms. The van der Waals surface area contributed by atoms with Crippen molar-refractivity contribution in [2.24, 2.45) is 10.3 Å². The van der Waals surface area contributed by atoms with Crippen LogP contribution in [0, 0.1) is 0 Å². The van der Waals surface area contributed by atoms with Crippen LogP contribution < -0.4 is 5.43 Å². The minimum Gasteiger partial charge on any atom is -0.260 e. The fourth-order valence-corrected chi connectivity index (χ4v) is 1.93. The first-order valence-corrected chi connectivity index (χ1v) is 6.36. The van der Waals surface area contributed by atoms with Crippen molar-refractivity contribution in [2.75, 3.05) is 5.43 Å². The van der Waals surface area contributed by atoms with Gasteiger partial charge in [-0.1, -0.05) is 42.3 Å². The van der Waals surface area contributed by atoms with Crippen molar-refractivity contribution in [1.82, 2.24) is 0 Å². The monoisotopic (exact) mass is 229 g/mol. The van der Waals surface area contributed by atoms with Crippen LogP contribution in [0.2, 0.25) is 0 Å². The molecule has 0 fully saturated rings. The van der Waals surface area contributed by atoms with E-state index in [0.29, 0.717) is 0 Å². The van der Waals surface area contributed by atoms with Crippen molar-refractivity contribution < 1.29 is 0 Å². The van der Waals surface area contributed by atoms with E-state index in [9.17, 15) is 0 Å². The highest BCUT2D eigenvalue weighted by molar-refractivity contribution is 5.41. The van der Waals surface area contributed by atoms with Crippen LogP contribution in [0.4, 0.5) is 5.69 Å². The standard InChI is InChI=1S/C14H19N3/c1-2-5-9-13(10-6-3-1)15-17-16-14-11-7-4-8-12-14/h4,7-9,11-12H,1-3,5-6,10H2,(H,15,16). The van der Waals surface area contributed by atoms with Gasteiger partial charge >= 0.3 is 0 Å². The molecular weight excluding hydrogens is 210 g/mol. The van der Waals surface area contributed by atoms with Crippen molar-refractivity contribution in [2.45, 2.75) is 38.5 Å². The number of nitrogens with zero attached hydrogens (tertiary/aromatic N) is 2. The van der Waals surface area contributed by atoms with Gasteiger partial charge in [-0.05, 0) is 37.8 Å². The van der Waals surface area contributed by atoms with Gasteiger partial charge in [-0.15, -0.1) is 5.11 Å². The Bertz CT molecular complexity index is 382. The molecule has 0 aromatic heterocycles. The van der Waals surface area contributed by atoms with Crippen LogP contribution in [0.15, 0.2) is 52.4 Å². The molecule has 0 saturated heterocycles. The van der Waals surface area contributed by atoms with Crippen molar-refractivity contribution >= 4 is 5.69 Å². The quantitative estimate of drug-likeness (QED) is 0.591. The van der Waals surface area contributed by atoms with Crippen molar-refractivity contribution in [3.05, 3.63) is 42.1 Å². The summed E-state index contributed by atoms with van der Waals surface area (Å²) >= 11 is 0. The lowest BCUT2D eigenvalue weighted by Crippen LogP contribution is -1.90. The summed E-state index contributed by atoms with van der Waals surface area (Å²) < 4.78 is 0. The van der Waals surface area contributed by atoms with Gasteiger partial charge in [-0.25, -0.2) is 0 Å². The van der Waals surface area contributed by atoms with E-state index in [1.54, 1.807) is 0 Å². The Kier molecular flexibility index (Phi) is 4.76. The zero-order chi connectivity index (χ0) is 11.8. The van der Waals surface area contributed by atoms with E-state index in [1.165, 1.54) is 25.7 Å². The summed E-state index contributed by atoms with van der Waals surface area (Å²) in [7, 11) is 0. The highest BCUT2D eigenvalue weighted by atomic mass is 15.4. The van der Waals surface area contributed by atoms with Crippen molar-refractivity contribution in [1.29, 1.82) is 0 Å². The molecule has 0 bridgehead atoms. The van der Waals surface area contributed by atoms with E-state index in [1.807, 2.05) is 30.3 Å². The van der Waals surface area contributed by atoms with Crippen LogP contribution in [0.25, 0.3) is 0 Å². The van der Waals surface area contributed by atoms with Gasteiger partial charge in [-0.3, -0.25) is 5.43 Å². The summed E-state index contributed by atoms with van der Waals surface area (Å²) in [5.41, 5.74) is 5.04. The Morgan fingerprint density at radius 2 is 1.76 bits per heavy atom. The lowest BCUT2D eigenvalue weighted by Gasteiger charge is -2.06. The number of rotatable bonds is 3. The first-order valence-electron chi connectivity index (χ1n) is 6.36. The van der Waals surface area contributed by atoms with E-state index < -0.39 is 0 Å². The molecular formula is C14H19N3. The van der Waals surface area contributed by atoms with Gasteiger partial charge in [0, 0.05) is 0 Å². The van der Waals surface area contributed by atoms with Gasteiger partial charge in [0.15, 0.2) is 0 Å². The molecule has 0 aliphatic heterocycles. The lowest BCUT2D eigenvalue weighted by atomic mass is 10.0. The third-order valence-corrected chi connectivity index (χ3v) is 2.90. The van der Waals surface area contributed by atoms with Crippen molar-refractivity contribution in [3.8, 4) is 0 Å². The maximum atomic E-state index is 4.26. The van der Waals surface area contributed by atoms with Crippen LogP contribution >= 0.6 is 0 Å². The number of benzene rings is 1. The molecule has 0 heterocycles. The summed E-state index contributed by atoms with van der Waals surface area (Å²) in [6.45, 7) is 0. The molecule has 0 saturated carbocycles. The van der Waals surface area contributed by atoms with Gasteiger partial charge in [0.25, 0.3) is 0 Å². The maximum Gasteiger partial charge on any atom is 0.0608 e. The Balaban J connectivity index is 1.86. The molecule has 2 rings (SSSR count). The molecule has 1 aliphatic carbocycles. The molecule has 1 N–H and O–H groups in total. The number of para-hydroxylation sites is 1. The van der Waals surface area contributed by atoms with Crippen LogP contribution in [-0.4, -0.2) is 0 Å². The number of allylic oxidation sites excluding steroid dienone is 2. The fraction of sp³-hybridized carbons (Fsp3) is 0.429. The van der Waals surface area contributed by atoms with E-state index in [2.05, 4.69) is 21.8 Å². The summed E-state index contributed by atoms with van der Waals surface area (Å²) in [5.74, 6) is 0. The second-order valence-corrected chi connectivity index (χ2v) is 4.33. The zero-order valence-corrected chi connectivity index (χ0v) is 10.1. The zero-order valence-electron chi connectivity index (χ0n) is 10.1. The first kappa shape index (κ1) is 11.8. The van der Waals surface area contributed by atoms with Gasteiger partial charge < -0.3 is 0 Å². The van der Waals surface area contributed by atoms with Crippen LogP contribution in [0.5, 0.6) is 0 Å². The number of nitrogens with one attached hydrogen (secondary N) is 1. The number of anilines is 1. The average molecular weight is 229 g/mol. The maximum absolute atomic E-state index is 4.26. The number of hydrogen-bond donors (Lipinski definition) is 1. The second-order valence-electron chi connectivity index (χ2n) is 4.33. The summed E-state index contributed by atoms with van der Waals surface area (Å²) in [6.07, 6.45) is 9.60. The Labute approximate surface area is 103 Å². The molecule has 0 unspecified atom stereocenters. The molecule has 3 heteroatoms. The molecule has 1 aromatic carbocycles. The normalized spacial score (nSPS) is 17.3. The van der Waals surface area contributed by atoms with E-state index in [0.717, 1.165) is 24.2 Å². The second kappa shape index (κ2) is 6.84. The SMILES string of the molecule is C1=C(N=NNc2ccccc2)CCCCCC1. The molecule has 90 valence electrons. The molecule has 1 aromatic rings. The molecule has 0 atom stereocenters. The molecule has 3 nitrogen and oxygen atoms in total.